The topological polar surface area (TPSA) is 355 Å². The number of aliphatic hydroxyl groups excluding tert-OH is 2. The molecule has 13 unspecified atom stereocenters. The van der Waals surface area contributed by atoms with Gasteiger partial charge in [0.25, 0.3) is 30.4 Å². The van der Waals surface area contributed by atoms with Crippen molar-refractivity contribution in [2.75, 3.05) is 84.8 Å². The molecule has 0 spiro atoms. The summed E-state index contributed by atoms with van der Waals surface area (Å²) in [6.45, 7) is 38.3. The third-order valence-electron chi connectivity index (χ3n) is 14.8. The van der Waals surface area contributed by atoms with Gasteiger partial charge in [-0.1, -0.05) is 0 Å². The SMILES string of the molecule is CC1(C)OCC(C(O)C2COC(C)(C)O2)O1.CC1(C)OCC(C(OS(C)(=O)=O)C2COC(C)(C)O2)O1.CC1(C)OCC(C2OC(C)(C)OC2CO)O1.CC1(C)OCC(C2OC(C)(C)OC2COS(C)(=O)=O)O1.CC1(C)OCC(C2OC(C)(C)OC2COS(C)(=O)=O)O1. The van der Waals surface area contributed by atoms with Crippen LogP contribution >= 0.6 is 0 Å². The van der Waals surface area contributed by atoms with Crippen molar-refractivity contribution >= 4 is 30.4 Å². The average Bonchev–Trinajstić information content (AvgIpc) is 1.67. The molecule has 0 bridgehead atoms. The molecule has 0 saturated carbocycles. The van der Waals surface area contributed by atoms with Gasteiger partial charge in [0.1, 0.15) is 91.6 Å². The zero-order valence-corrected chi connectivity index (χ0v) is 60.1. The normalized spacial score (nSPS) is 37.2. The highest BCUT2D eigenvalue weighted by Crippen LogP contribution is 2.40. The van der Waals surface area contributed by atoms with E-state index in [4.69, 9.17) is 107 Å². The Balaban J connectivity index is 0.000000183. The zero-order chi connectivity index (χ0) is 69.5. The van der Waals surface area contributed by atoms with Crippen LogP contribution < -0.4 is 0 Å². The molecule has 10 saturated heterocycles. The molecule has 10 rings (SSSR count). The van der Waals surface area contributed by atoms with Gasteiger partial charge in [-0.25, -0.2) is 0 Å². The van der Waals surface area contributed by atoms with Gasteiger partial charge in [0.05, 0.1) is 84.8 Å². The predicted octanol–water partition coefficient (Wildman–Crippen LogP) is 3.20. The Kier molecular flexibility index (Phi) is 25.7. The van der Waals surface area contributed by atoms with E-state index in [0.29, 0.717) is 33.0 Å². The molecule has 34 heteroatoms. The van der Waals surface area contributed by atoms with Gasteiger partial charge in [0, 0.05) is 0 Å². The van der Waals surface area contributed by atoms with E-state index in [-0.39, 0.29) is 75.8 Å². The van der Waals surface area contributed by atoms with Crippen molar-refractivity contribution in [2.45, 2.75) is 288 Å². The summed E-state index contributed by atoms with van der Waals surface area (Å²) >= 11 is 0. The van der Waals surface area contributed by atoms with E-state index in [1.807, 2.05) is 83.1 Å². The summed E-state index contributed by atoms with van der Waals surface area (Å²) < 4.78 is 194. The van der Waals surface area contributed by atoms with Crippen molar-refractivity contribution in [3.8, 4) is 0 Å². The minimum Gasteiger partial charge on any atom is -0.394 e. The minimum absolute atomic E-state index is 0.0750. The molecule has 13 atom stereocenters. The van der Waals surface area contributed by atoms with E-state index in [1.54, 1.807) is 55.4 Å². The molecule has 0 amide bonds. The van der Waals surface area contributed by atoms with Gasteiger partial charge in [-0.15, -0.1) is 0 Å². The van der Waals surface area contributed by atoms with E-state index in [9.17, 15) is 35.5 Å². The second-order valence-electron chi connectivity index (χ2n) is 28.4. The highest BCUT2D eigenvalue weighted by Gasteiger charge is 2.54. The van der Waals surface area contributed by atoms with Crippen molar-refractivity contribution in [1.82, 2.24) is 0 Å². The Morgan fingerprint density at radius 3 is 0.815 bits per heavy atom. The molecule has 0 aromatic heterocycles. The van der Waals surface area contributed by atoms with Crippen molar-refractivity contribution in [2.24, 2.45) is 0 Å². The Morgan fingerprint density at radius 1 is 0.337 bits per heavy atom. The summed E-state index contributed by atoms with van der Waals surface area (Å²) in [6, 6.07) is 0. The van der Waals surface area contributed by atoms with Gasteiger partial charge >= 0.3 is 0 Å². The summed E-state index contributed by atoms with van der Waals surface area (Å²) in [4.78, 5) is 0. The summed E-state index contributed by atoms with van der Waals surface area (Å²) in [5.74, 6) is -7.02. The molecule has 0 aromatic carbocycles. The molecule has 542 valence electrons. The molecule has 0 radical (unpaired) electrons. The van der Waals surface area contributed by atoms with Crippen molar-refractivity contribution < 1.29 is 143 Å². The van der Waals surface area contributed by atoms with E-state index in [0.717, 1.165) is 18.8 Å². The highest BCUT2D eigenvalue weighted by molar-refractivity contribution is 7.86. The van der Waals surface area contributed by atoms with Crippen LogP contribution in [0.15, 0.2) is 0 Å². The molecule has 0 aliphatic carbocycles. The summed E-state index contributed by atoms with van der Waals surface area (Å²) in [5.41, 5.74) is 0. The third-order valence-corrected chi connectivity index (χ3v) is 16.5. The molecule has 31 nitrogen and oxygen atoms in total. The van der Waals surface area contributed by atoms with Crippen LogP contribution in [0.4, 0.5) is 0 Å². The maximum Gasteiger partial charge on any atom is 0.264 e. The van der Waals surface area contributed by atoms with Crippen LogP contribution in [0.2, 0.25) is 0 Å². The molecule has 2 N–H and O–H groups in total. The fourth-order valence-electron chi connectivity index (χ4n) is 11.3. The average molecular weight is 1400 g/mol. The summed E-state index contributed by atoms with van der Waals surface area (Å²) in [7, 11) is -10.7. The molecule has 10 heterocycles. The first-order valence-corrected chi connectivity index (χ1v) is 36.1. The van der Waals surface area contributed by atoms with Crippen LogP contribution in [0.1, 0.15) is 138 Å². The van der Waals surface area contributed by atoms with Gasteiger partial charge in [-0.2, -0.15) is 25.3 Å². The van der Waals surface area contributed by atoms with E-state index < -0.39 is 137 Å². The first-order chi connectivity index (χ1) is 41.5. The number of hydrogen-bond acceptors (Lipinski definition) is 31. The number of ether oxygens (including phenoxy) is 20. The zero-order valence-electron chi connectivity index (χ0n) is 57.7. The van der Waals surface area contributed by atoms with Crippen molar-refractivity contribution in [3.63, 3.8) is 0 Å². The van der Waals surface area contributed by atoms with E-state index in [2.05, 4.69) is 0 Å². The molecule has 10 aliphatic heterocycles. The quantitative estimate of drug-likeness (QED) is 0.210. The fraction of sp³-hybridized carbons (Fsp3) is 1.00. The summed E-state index contributed by atoms with van der Waals surface area (Å²) in [5, 5.41) is 19.4. The van der Waals surface area contributed by atoms with Crippen molar-refractivity contribution in [3.05, 3.63) is 0 Å². The molecular weight excluding hydrogens is 1290 g/mol. The Labute approximate surface area is 543 Å². The molecule has 0 aromatic rings. The highest BCUT2D eigenvalue weighted by atomic mass is 32.2. The monoisotopic (exact) mass is 1390 g/mol. The van der Waals surface area contributed by atoms with Crippen LogP contribution in [0.5, 0.6) is 0 Å². The largest absolute Gasteiger partial charge is 0.394 e. The first-order valence-electron chi connectivity index (χ1n) is 30.7. The number of hydrogen-bond donors (Lipinski definition) is 2. The van der Waals surface area contributed by atoms with Gasteiger partial charge in [0.2, 0.25) is 0 Å². The number of aliphatic hydroxyl groups is 2. The lowest BCUT2D eigenvalue weighted by Crippen LogP contribution is -2.45. The predicted molar refractivity (Wildman–Crippen MR) is 320 cm³/mol. The van der Waals surface area contributed by atoms with Gasteiger partial charge in [0.15, 0.2) is 57.9 Å². The molecular formula is C58H106O31S3. The lowest BCUT2D eigenvalue weighted by molar-refractivity contribution is -0.178. The third kappa shape index (κ3) is 25.2. The van der Waals surface area contributed by atoms with Crippen LogP contribution in [0.25, 0.3) is 0 Å². The molecule has 92 heavy (non-hydrogen) atoms. The van der Waals surface area contributed by atoms with Crippen molar-refractivity contribution in [1.29, 1.82) is 0 Å². The van der Waals surface area contributed by atoms with Crippen LogP contribution in [-0.2, 0) is 138 Å². The lowest BCUT2D eigenvalue weighted by atomic mass is 10.1. The maximum absolute atomic E-state index is 11.5. The van der Waals surface area contributed by atoms with E-state index in [1.165, 1.54) is 0 Å². The van der Waals surface area contributed by atoms with Crippen LogP contribution in [-0.4, -0.2) is 270 Å². The maximum atomic E-state index is 11.5. The lowest BCUT2D eigenvalue weighted by Gasteiger charge is -2.27. The second-order valence-corrected chi connectivity index (χ2v) is 33.3. The minimum atomic E-state index is -3.64. The standard InChI is InChI=1S/3C12H22O7S.2C11H20O5/c2*1-11(2)15-6-8(17-11)10-9(7-16-20(5,13)14)18-12(3,4)19-10;1-11(2)15-6-8(17-11)10(19-20(5,13)14)9-7-16-12(3,4)18-9;1-10(2)13-5-7(15-10)9(12)8-6-14-11(3,4)16-8;1-10(2)13-6-8(15-10)9-7(5-12)14-11(3,4)16-9/h3*8-10H,6-7H2,1-5H3;2*7-9,12H,5-6H2,1-4H3. The first kappa shape index (κ1) is 79.8. The van der Waals surface area contributed by atoms with Gasteiger partial charge in [-0.3, -0.25) is 12.5 Å². The smallest absolute Gasteiger partial charge is 0.264 e. The second kappa shape index (κ2) is 29.6. The fourth-order valence-corrected chi connectivity index (χ4v) is 12.7. The Hall–Kier alpha value is -1.15. The summed E-state index contributed by atoms with van der Waals surface area (Å²) in [6.07, 6.45) is -3.64. The number of rotatable bonds is 16. The Morgan fingerprint density at radius 2 is 0.587 bits per heavy atom. The van der Waals surface area contributed by atoms with Crippen LogP contribution in [0.3, 0.4) is 0 Å². The van der Waals surface area contributed by atoms with E-state index >= 15 is 0 Å². The van der Waals surface area contributed by atoms with Gasteiger partial charge < -0.3 is 105 Å². The van der Waals surface area contributed by atoms with Gasteiger partial charge in [-0.05, 0) is 138 Å². The molecule has 10 fully saturated rings. The van der Waals surface area contributed by atoms with Crippen LogP contribution in [0, 0.1) is 0 Å². The Bertz CT molecular complexity index is 2600. The molecule has 10 aliphatic rings.